The topological polar surface area (TPSA) is 21.8 Å². The van der Waals surface area contributed by atoms with Crippen molar-refractivity contribution in [2.45, 2.75) is 115 Å². The Labute approximate surface area is 165 Å². The molecule has 0 aromatic rings. The summed E-state index contributed by atoms with van der Waals surface area (Å²) < 4.78 is 11.0. The number of epoxide rings is 1. The lowest BCUT2D eigenvalue weighted by atomic mass is 10.0. The molecule has 1 rings (SSSR count). The van der Waals surface area contributed by atoms with Gasteiger partial charge in [0.1, 0.15) is 5.60 Å². The summed E-state index contributed by atoms with van der Waals surface area (Å²) in [7, 11) is 0. The van der Waals surface area contributed by atoms with Gasteiger partial charge in [-0.05, 0) is 19.8 Å². The third kappa shape index (κ3) is 16.3. The Bertz CT molecular complexity index is 279. The van der Waals surface area contributed by atoms with Crippen molar-refractivity contribution in [1.82, 2.24) is 0 Å². The van der Waals surface area contributed by atoms with Crippen molar-refractivity contribution >= 4 is 15.9 Å². The van der Waals surface area contributed by atoms with Gasteiger partial charge in [0.25, 0.3) is 0 Å². The Morgan fingerprint density at radius 2 is 1.04 bits per heavy atom. The van der Waals surface area contributed by atoms with Gasteiger partial charge < -0.3 is 9.47 Å². The molecular weight excluding hydrogens is 376 g/mol. The van der Waals surface area contributed by atoms with Crippen LogP contribution in [0.3, 0.4) is 0 Å². The Morgan fingerprint density at radius 1 is 0.680 bits per heavy atom. The molecule has 0 aromatic carbocycles. The molecular formula is C22H43BrO2. The molecule has 25 heavy (non-hydrogen) atoms. The highest BCUT2D eigenvalue weighted by Gasteiger charge is 2.39. The van der Waals surface area contributed by atoms with Crippen molar-refractivity contribution in [2.75, 3.05) is 25.2 Å². The molecule has 0 aliphatic carbocycles. The van der Waals surface area contributed by atoms with Crippen LogP contribution < -0.4 is 0 Å². The van der Waals surface area contributed by atoms with E-state index in [1.165, 1.54) is 108 Å². The minimum absolute atomic E-state index is 0.0626. The van der Waals surface area contributed by atoms with Gasteiger partial charge in [-0.1, -0.05) is 106 Å². The molecule has 1 aliphatic rings. The van der Waals surface area contributed by atoms with Gasteiger partial charge in [-0.25, -0.2) is 0 Å². The molecule has 1 unspecified atom stereocenters. The second-order valence-electron chi connectivity index (χ2n) is 8.14. The summed E-state index contributed by atoms with van der Waals surface area (Å²) in [5, 5.41) is 1.18. The van der Waals surface area contributed by atoms with Crippen molar-refractivity contribution in [3.8, 4) is 0 Å². The van der Waals surface area contributed by atoms with Crippen LogP contribution in [-0.4, -0.2) is 30.8 Å². The minimum Gasteiger partial charge on any atom is -0.378 e. The average molecular weight is 419 g/mol. The molecule has 1 heterocycles. The summed E-state index contributed by atoms with van der Waals surface area (Å²) >= 11 is 3.50. The second kappa shape index (κ2) is 16.6. The SMILES string of the molecule is CC1(COCCCCCCCCCCCCCCCCCCBr)CO1. The summed E-state index contributed by atoms with van der Waals surface area (Å²) in [5.74, 6) is 0. The zero-order valence-electron chi connectivity index (χ0n) is 16.8. The Kier molecular flexibility index (Phi) is 15.5. The predicted molar refractivity (Wildman–Crippen MR) is 113 cm³/mol. The first-order valence-electron chi connectivity index (χ1n) is 11.0. The van der Waals surface area contributed by atoms with Crippen molar-refractivity contribution in [3.05, 3.63) is 0 Å². The van der Waals surface area contributed by atoms with Crippen molar-refractivity contribution in [3.63, 3.8) is 0 Å². The zero-order chi connectivity index (χ0) is 18.1. The van der Waals surface area contributed by atoms with Crippen LogP contribution in [0.15, 0.2) is 0 Å². The van der Waals surface area contributed by atoms with Crippen LogP contribution in [0.2, 0.25) is 0 Å². The number of unbranched alkanes of at least 4 members (excludes halogenated alkanes) is 15. The quantitative estimate of drug-likeness (QED) is 0.116. The maximum Gasteiger partial charge on any atom is 0.112 e. The molecule has 1 aliphatic heterocycles. The Morgan fingerprint density at radius 3 is 1.40 bits per heavy atom. The standard InChI is InChI=1S/C22H43BrO2/c1-22(21-25-22)20-24-19-17-15-13-11-9-7-5-3-2-4-6-8-10-12-14-16-18-23/h2-21H2,1H3. The molecule has 150 valence electrons. The van der Waals surface area contributed by atoms with E-state index in [0.29, 0.717) is 0 Å². The van der Waals surface area contributed by atoms with Gasteiger partial charge in [0.05, 0.1) is 13.2 Å². The molecule has 3 heteroatoms. The number of alkyl halides is 1. The zero-order valence-corrected chi connectivity index (χ0v) is 18.4. The van der Waals surface area contributed by atoms with Gasteiger partial charge in [-0.3, -0.25) is 0 Å². The highest BCUT2D eigenvalue weighted by Crippen LogP contribution is 2.25. The molecule has 0 aromatic heterocycles. The van der Waals surface area contributed by atoms with Crippen LogP contribution in [0, 0.1) is 0 Å². The minimum atomic E-state index is 0.0626. The first-order chi connectivity index (χ1) is 12.3. The molecule has 2 nitrogen and oxygen atoms in total. The van der Waals surface area contributed by atoms with Crippen molar-refractivity contribution in [1.29, 1.82) is 0 Å². The van der Waals surface area contributed by atoms with Crippen molar-refractivity contribution < 1.29 is 9.47 Å². The van der Waals surface area contributed by atoms with E-state index in [9.17, 15) is 0 Å². The van der Waals surface area contributed by atoms with Crippen LogP contribution in [-0.2, 0) is 9.47 Å². The second-order valence-corrected chi connectivity index (χ2v) is 8.93. The van der Waals surface area contributed by atoms with E-state index < -0.39 is 0 Å². The molecule has 1 saturated heterocycles. The lowest BCUT2D eigenvalue weighted by molar-refractivity contribution is 0.0825. The number of ether oxygens (including phenoxy) is 2. The van der Waals surface area contributed by atoms with E-state index in [-0.39, 0.29) is 5.60 Å². The van der Waals surface area contributed by atoms with E-state index in [4.69, 9.17) is 9.47 Å². The molecule has 0 spiro atoms. The molecule has 1 atom stereocenters. The van der Waals surface area contributed by atoms with E-state index in [1.54, 1.807) is 0 Å². The lowest BCUT2D eigenvalue weighted by Crippen LogP contribution is -2.14. The fraction of sp³-hybridized carbons (Fsp3) is 1.00. The summed E-state index contributed by atoms with van der Waals surface area (Å²) in [6.07, 6.45) is 22.6. The molecule has 0 radical (unpaired) electrons. The fourth-order valence-corrected chi connectivity index (χ4v) is 3.66. The van der Waals surface area contributed by atoms with Gasteiger partial charge in [0, 0.05) is 11.9 Å². The van der Waals surface area contributed by atoms with Crippen LogP contribution >= 0.6 is 15.9 Å². The van der Waals surface area contributed by atoms with Crippen LogP contribution in [0.4, 0.5) is 0 Å². The lowest BCUT2D eigenvalue weighted by Gasteiger charge is -2.06. The Hall–Kier alpha value is 0.400. The number of hydrogen-bond donors (Lipinski definition) is 0. The molecule has 0 amide bonds. The number of hydrogen-bond acceptors (Lipinski definition) is 2. The molecule has 0 N–H and O–H groups in total. The number of rotatable bonds is 20. The summed E-state index contributed by atoms with van der Waals surface area (Å²) in [6.45, 7) is 4.70. The largest absolute Gasteiger partial charge is 0.378 e. The first kappa shape index (κ1) is 23.4. The third-order valence-corrected chi connectivity index (χ3v) is 5.78. The van der Waals surface area contributed by atoms with Gasteiger partial charge >= 0.3 is 0 Å². The van der Waals surface area contributed by atoms with Gasteiger partial charge in [-0.2, -0.15) is 0 Å². The van der Waals surface area contributed by atoms with Crippen LogP contribution in [0.1, 0.15) is 110 Å². The Balaban J connectivity index is 1.61. The van der Waals surface area contributed by atoms with Crippen molar-refractivity contribution in [2.24, 2.45) is 0 Å². The van der Waals surface area contributed by atoms with E-state index >= 15 is 0 Å². The maximum absolute atomic E-state index is 5.66. The molecule has 0 saturated carbocycles. The summed E-state index contributed by atoms with van der Waals surface area (Å²) in [4.78, 5) is 0. The van der Waals surface area contributed by atoms with E-state index in [2.05, 4.69) is 22.9 Å². The smallest absolute Gasteiger partial charge is 0.112 e. The highest BCUT2D eigenvalue weighted by molar-refractivity contribution is 9.09. The van der Waals surface area contributed by atoms with Gasteiger partial charge in [0.2, 0.25) is 0 Å². The normalized spacial score (nSPS) is 19.4. The average Bonchev–Trinajstić information content (AvgIpc) is 3.34. The number of halogens is 1. The van der Waals surface area contributed by atoms with E-state index in [1.807, 2.05) is 0 Å². The van der Waals surface area contributed by atoms with Crippen LogP contribution in [0.5, 0.6) is 0 Å². The predicted octanol–water partition coefficient (Wildman–Crippen LogP) is 7.43. The van der Waals surface area contributed by atoms with Gasteiger partial charge in [0.15, 0.2) is 0 Å². The monoisotopic (exact) mass is 418 g/mol. The first-order valence-corrected chi connectivity index (χ1v) is 12.2. The fourth-order valence-electron chi connectivity index (χ4n) is 3.27. The molecule has 1 fully saturated rings. The maximum atomic E-state index is 5.66. The highest BCUT2D eigenvalue weighted by atomic mass is 79.9. The van der Waals surface area contributed by atoms with Gasteiger partial charge in [-0.15, -0.1) is 0 Å². The third-order valence-electron chi connectivity index (χ3n) is 5.22. The van der Waals surface area contributed by atoms with E-state index in [0.717, 1.165) is 19.8 Å². The summed E-state index contributed by atoms with van der Waals surface area (Å²) in [6, 6.07) is 0. The molecule has 0 bridgehead atoms. The van der Waals surface area contributed by atoms with Crippen LogP contribution in [0.25, 0.3) is 0 Å². The summed E-state index contributed by atoms with van der Waals surface area (Å²) in [5.41, 5.74) is 0.0626.